The third-order valence-corrected chi connectivity index (χ3v) is 10.2. The van der Waals surface area contributed by atoms with Crippen LogP contribution in [0.3, 0.4) is 0 Å². The number of fused-ring (bicyclic) bond motifs is 5. The van der Waals surface area contributed by atoms with Gasteiger partial charge in [-0.25, -0.2) is 0 Å². The Bertz CT molecular complexity index is 598. The highest BCUT2D eigenvalue weighted by Gasteiger charge is 2.58. The molecule has 0 spiro atoms. The van der Waals surface area contributed by atoms with E-state index in [2.05, 4.69) is 26.8 Å². The van der Waals surface area contributed by atoms with Gasteiger partial charge in [0.25, 0.3) is 0 Å². The van der Waals surface area contributed by atoms with Gasteiger partial charge >= 0.3 is 0 Å². The van der Waals surface area contributed by atoms with Crippen LogP contribution >= 0.6 is 0 Å². The summed E-state index contributed by atoms with van der Waals surface area (Å²) < 4.78 is 5.30. The van der Waals surface area contributed by atoms with E-state index < -0.39 is 0 Å². The summed E-state index contributed by atoms with van der Waals surface area (Å²) in [5.74, 6) is 4.39. The van der Waals surface area contributed by atoms with E-state index in [9.17, 15) is 5.11 Å². The van der Waals surface area contributed by atoms with E-state index in [0.717, 1.165) is 43.1 Å². The summed E-state index contributed by atoms with van der Waals surface area (Å²) in [6.07, 6.45) is 18.4. The lowest BCUT2D eigenvalue weighted by molar-refractivity contribution is -0.0509. The molecule has 31 heavy (non-hydrogen) atoms. The number of aliphatic hydroxyl groups is 1. The average Bonchev–Trinajstić information content (AvgIpc) is 3.10. The van der Waals surface area contributed by atoms with Crippen molar-refractivity contribution >= 4 is 0 Å². The second kappa shape index (κ2) is 10.7. The number of methoxy groups -OCH3 is 1. The molecule has 1 N–H and O–H groups in total. The first kappa shape index (κ1) is 25.3. The van der Waals surface area contributed by atoms with Crippen molar-refractivity contribution in [3.05, 3.63) is 11.6 Å². The van der Waals surface area contributed by atoms with Crippen LogP contribution in [0.5, 0.6) is 0 Å². The largest absolute Gasteiger partial charge is 0.393 e. The summed E-state index contributed by atoms with van der Waals surface area (Å²) in [6, 6.07) is 0. The van der Waals surface area contributed by atoms with Crippen LogP contribution in [0.4, 0.5) is 0 Å². The summed E-state index contributed by atoms with van der Waals surface area (Å²) in [4.78, 5) is 0. The molecule has 0 heterocycles. The fraction of sp³-hybridized carbons (Fsp3) is 0.931. The van der Waals surface area contributed by atoms with Crippen molar-refractivity contribution in [2.24, 2.45) is 40.4 Å². The van der Waals surface area contributed by atoms with Gasteiger partial charge in [0.2, 0.25) is 0 Å². The molecule has 3 saturated carbocycles. The van der Waals surface area contributed by atoms with Crippen molar-refractivity contribution < 1.29 is 9.84 Å². The molecule has 0 amide bonds. The van der Waals surface area contributed by atoms with Gasteiger partial charge in [0.05, 0.1) is 6.10 Å². The molecule has 2 nitrogen and oxygen atoms in total. The lowest BCUT2D eigenvalue weighted by Crippen LogP contribution is -2.50. The number of aliphatic hydroxyl groups excluding tert-OH is 1. The van der Waals surface area contributed by atoms with Gasteiger partial charge in [0, 0.05) is 13.7 Å². The topological polar surface area (TPSA) is 29.5 Å². The third kappa shape index (κ3) is 4.96. The fourth-order valence-corrected chi connectivity index (χ4v) is 8.48. The van der Waals surface area contributed by atoms with E-state index in [1.165, 1.54) is 64.2 Å². The zero-order valence-electron chi connectivity index (χ0n) is 21.6. The zero-order chi connectivity index (χ0) is 22.6. The van der Waals surface area contributed by atoms with Gasteiger partial charge in [0.15, 0.2) is 0 Å². The van der Waals surface area contributed by atoms with E-state index >= 15 is 0 Å². The van der Waals surface area contributed by atoms with Crippen LogP contribution in [0, 0.1) is 40.4 Å². The third-order valence-electron chi connectivity index (χ3n) is 10.2. The monoisotopic (exact) mass is 432 g/mol. The molecule has 0 radical (unpaired) electrons. The van der Waals surface area contributed by atoms with Crippen molar-refractivity contribution in [1.29, 1.82) is 0 Å². The number of unbranched alkanes of at least 4 members (excludes halogenated alkanes) is 1. The van der Waals surface area contributed by atoms with Crippen molar-refractivity contribution in [3.63, 3.8) is 0 Å². The van der Waals surface area contributed by atoms with Crippen molar-refractivity contribution in [1.82, 2.24) is 0 Å². The highest BCUT2D eigenvalue weighted by atomic mass is 16.5. The molecular weight excluding hydrogens is 380 g/mol. The van der Waals surface area contributed by atoms with E-state index in [0.29, 0.717) is 16.7 Å². The van der Waals surface area contributed by atoms with Gasteiger partial charge < -0.3 is 9.84 Å². The highest BCUT2D eigenvalue weighted by molar-refractivity contribution is 5.25. The van der Waals surface area contributed by atoms with Crippen LogP contribution in [0.1, 0.15) is 112 Å². The molecule has 0 aromatic rings. The van der Waals surface area contributed by atoms with Gasteiger partial charge in [-0.3, -0.25) is 0 Å². The molecule has 0 bridgehead atoms. The molecule has 0 aliphatic heterocycles. The normalized spacial score (nSPS) is 42.4. The number of hydrogen-bond donors (Lipinski definition) is 1. The molecule has 8 unspecified atom stereocenters. The molecule has 3 fully saturated rings. The molecule has 4 rings (SSSR count). The second-order valence-corrected chi connectivity index (χ2v) is 11.8. The Morgan fingerprint density at radius 3 is 2.58 bits per heavy atom. The smallest absolute Gasteiger partial charge is 0.0577 e. The summed E-state index contributed by atoms with van der Waals surface area (Å²) in [5, 5.41) is 10.2. The molecule has 0 saturated heterocycles. The van der Waals surface area contributed by atoms with Crippen molar-refractivity contribution in [3.8, 4) is 0 Å². The highest BCUT2D eigenvalue weighted by Crippen LogP contribution is 2.66. The zero-order valence-corrected chi connectivity index (χ0v) is 21.6. The van der Waals surface area contributed by atoms with E-state index in [-0.39, 0.29) is 6.10 Å². The summed E-state index contributed by atoms with van der Waals surface area (Å²) in [5.41, 5.74) is 2.59. The predicted molar refractivity (Wildman–Crippen MR) is 132 cm³/mol. The molecular formula is C29H52O2. The van der Waals surface area contributed by atoms with Gasteiger partial charge in [0.1, 0.15) is 0 Å². The van der Waals surface area contributed by atoms with E-state index in [4.69, 9.17) is 4.74 Å². The maximum absolute atomic E-state index is 10.2. The van der Waals surface area contributed by atoms with Crippen molar-refractivity contribution in [2.75, 3.05) is 13.7 Å². The average molecular weight is 433 g/mol. The SMILES string of the molecule is CC.COCC(C)CCCCC1CCC2C3CC=C4CC(O)CCC4(C)C3CCC12C. The fourth-order valence-electron chi connectivity index (χ4n) is 8.48. The molecule has 4 aliphatic rings. The van der Waals surface area contributed by atoms with Crippen LogP contribution in [-0.2, 0) is 4.74 Å². The molecule has 0 aromatic heterocycles. The Morgan fingerprint density at radius 1 is 1.06 bits per heavy atom. The summed E-state index contributed by atoms with van der Waals surface area (Å²) >= 11 is 0. The summed E-state index contributed by atoms with van der Waals surface area (Å²) in [6.45, 7) is 12.5. The minimum Gasteiger partial charge on any atom is -0.393 e. The quantitative estimate of drug-likeness (QED) is 0.328. The molecule has 2 heteroatoms. The molecule has 8 atom stereocenters. The number of ether oxygens (including phenoxy) is 1. The van der Waals surface area contributed by atoms with Gasteiger partial charge in [-0.2, -0.15) is 0 Å². The first-order valence-corrected chi connectivity index (χ1v) is 13.7. The molecule has 180 valence electrons. The maximum Gasteiger partial charge on any atom is 0.0577 e. The lowest BCUT2D eigenvalue weighted by Gasteiger charge is -2.58. The Kier molecular flexibility index (Phi) is 8.75. The Morgan fingerprint density at radius 2 is 1.84 bits per heavy atom. The first-order valence-electron chi connectivity index (χ1n) is 13.7. The number of rotatable bonds is 7. The van der Waals surface area contributed by atoms with Crippen LogP contribution in [-0.4, -0.2) is 24.9 Å². The van der Waals surface area contributed by atoms with Gasteiger partial charge in [-0.05, 0) is 105 Å². The lowest BCUT2D eigenvalue weighted by atomic mass is 9.47. The van der Waals surface area contributed by atoms with E-state index in [1.54, 1.807) is 5.57 Å². The second-order valence-electron chi connectivity index (χ2n) is 11.8. The van der Waals surface area contributed by atoms with Crippen LogP contribution in [0.25, 0.3) is 0 Å². The van der Waals surface area contributed by atoms with Crippen molar-refractivity contribution in [2.45, 2.75) is 118 Å². The summed E-state index contributed by atoms with van der Waals surface area (Å²) in [7, 11) is 1.83. The minimum atomic E-state index is -0.0813. The van der Waals surface area contributed by atoms with Gasteiger partial charge in [-0.1, -0.05) is 59.1 Å². The van der Waals surface area contributed by atoms with Crippen LogP contribution < -0.4 is 0 Å². The molecule has 4 aliphatic carbocycles. The predicted octanol–water partition coefficient (Wildman–Crippen LogP) is 7.80. The minimum absolute atomic E-state index is 0.0813. The number of allylic oxidation sites excluding steroid dienone is 1. The standard InChI is InChI=1S/C27H46O2.C2H6/c1-19(18-29-4)7-5-6-8-20-10-12-24-23-11-9-21-17-22(28)13-15-27(21,3)25(23)14-16-26(20,24)2;1-2/h9,19-20,22-25,28H,5-8,10-18H2,1-4H3;1-2H3. The van der Waals surface area contributed by atoms with E-state index in [1.807, 2.05) is 21.0 Å². The Hall–Kier alpha value is -0.340. The molecule has 0 aromatic carbocycles. The Labute approximate surface area is 193 Å². The van der Waals surface area contributed by atoms with Crippen LogP contribution in [0.15, 0.2) is 11.6 Å². The van der Waals surface area contributed by atoms with Gasteiger partial charge in [-0.15, -0.1) is 0 Å². The Balaban J connectivity index is 0.00000132. The van der Waals surface area contributed by atoms with Crippen LogP contribution in [0.2, 0.25) is 0 Å². The maximum atomic E-state index is 10.2. The number of hydrogen-bond acceptors (Lipinski definition) is 2. The first-order chi connectivity index (χ1) is 14.9.